The summed E-state index contributed by atoms with van der Waals surface area (Å²) in [5.74, 6) is -0.0443. The molecule has 6 heteroatoms. The van der Waals surface area contributed by atoms with Gasteiger partial charge in [0.15, 0.2) is 0 Å². The van der Waals surface area contributed by atoms with Gasteiger partial charge in [-0.1, -0.05) is 23.7 Å². The monoisotopic (exact) mass is 281 g/mol. The molecule has 0 saturated heterocycles. The van der Waals surface area contributed by atoms with Crippen LogP contribution in [0.3, 0.4) is 0 Å². The number of nitro benzene ring substituents is 1. The minimum atomic E-state index is -0.561. The van der Waals surface area contributed by atoms with E-state index >= 15 is 0 Å². The maximum Gasteiger partial charge on any atom is 0.288 e. The zero-order valence-corrected chi connectivity index (χ0v) is 10.4. The van der Waals surface area contributed by atoms with Crippen molar-refractivity contribution in [1.29, 1.82) is 0 Å². The van der Waals surface area contributed by atoms with Crippen molar-refractivity contribution in [3.05, 3.63) is 69.0 Å². The van der Waals surface area contributed by atoms with Crippen LogP contribution in [-0.4, -0.2) is 4.92 Å². The predicted molar refractivity (Wildman–Crippen MR) is 68.8 cm³/mol. The van der Waals surface area contributed by atoms with Gasteiger partial charge in [-0.3, -0.25) is 10.1 Å². The number of rotatable bonds is 4. The van der Waals surface area contributed by atoms with Crippen molar-refractivity contribution >= 4 is 17.3 Å². The van der Waals surface area contributed by atoms with Gasteiger partial charge in [-0.25, -0.2) is 4.39 Å². The highest BCUT2D eigenvalue weighted by Gasteiger charge is 2.12. The zero-order valence-electron chi connectivity index (χ0n) is 9.68. The number of benzene rings is 2. The Labute approximate surface area is 113 Å². The molecular formula is C13H9ClFNO3. The van der Waals surface area contributed by atoms with E-state index in [1.54, 1.807) is 12.1 Å². The fraction of sp³-hybridized carbons (Fsp3) is 0.0769. The summed E-state index contributed by atoms with van der Waals surface area (Å²) >= 11 is 5.70. The van der Waals surface area contributed by atoms with Gasteiger partial charge >= 0.3 is 0 Å². The highest BCUT2D eigenvalue weighted by molar-refractivity contribution is 6.32. The van der Waals surface area contributed by atoms with E-state index in [-0.39, 0.29) is 17.3 Å². The summed E-state index contributed by atoms with van der Waals surface area (Å²) < 4.78 is 18.3. The number of ether oxygens (including phenoxy) is 1. The summed E-state index contributed by atoms with van der Waals surface area (Å²) in [7, 11) is 0. The van der Waals surface area contributed by atoms with E-state index in [1.807, 2.05) is 0 Å². The summed E-state index contributed by atoms with van der Waals surface area (Å²) in [6.07, 6.45) is 0. The van der Waals surface area contributed by atoms with Gasteiger partial charge in [0, 0.05) is 12.1 Å². The van der Waals surface area contributed by atoms with Gasteiger partial charge in [-0.2, -0.15) is 0 Å². The van der Waals surface area contributed by atoms with Crippen LogP contribution in [0, 0.1) is 15.9 Å². The minimum Gasteiger partial charge on any atom is -0.489 e. The summed E-state index contributed by atoms with van der Waals surface area (Å²) in [6, 6.07) is 10.1. The van der Waals surface area contributed by atoms with Gasteiger partial charge in [-0.05, 0) is 23.8 Å². The van der Waals surface area contributed by atoms with Crippen molar-refractivity contribution in [2.24, 2.45) is 0 Å². The molecule has 2 aromatic carbocycles. The molecule has 2 rings (SSSR count). The average molecular weight is 282 g/mol. The van der Waals surface area contributed by atoms with E-state index in [9.17, 15) is 14.5 Å². The molecule has 0 saturated carbocycles. The third-order valence-electron chi connectivity index (χ3n) is 2.41. The van der Waals surface area contributed by atoms with E-state index in [0.717, 1.165) is 0 Å². The molecule has 0 amide bonds. The molecule has 0 spiro atoms. The highest BCUT2D eigenvalue weighted by atomic mass is 35.5. The lowest BCUT2D eigenvalue weighted by Crippen LogP contribution is -1.97. The van der Waals surface area contributed by atoms with Crippen molar-refractivity contribution in [3.63, 3.8) is 0 Å². The van der Waals surface area contributed by atoms with Crippen LogP contribution in [-0.2, 0) is 6.61 Å². The van der Waals surface area contributed by atoms with Crippen LogP contribution in [0.15, 0.2) is 42.5 Å². The highest BCUT2D eigenvalue weighted by Crippen LogP contribution is 2.25. The molecule has 0 N–H and O–H groups in total. The number of halogens is 2. The van der Waals surface area contributed by atoms with E-state index in [4.69, 9.17) is 16.3 Å². The summed E-state index contributed by atoms with van der Waals surface area (Å²) in [4.78, 5) is 10.2. The van der Waals surface area contributed by atoms with Crippen molar-refractivity contribution in [2.75, 3.05) is 0 Å². The quantitative estimate of drug-likeness (QED) is 0.629. The Balaban J connectivity index is 2.12. The van der Waals surface area contributed by atoms with E-state index < -0.39 is 10.7 Å². The maximum absolute atomic E-state index is 12.9. The lowest BCUT2D eigenvalue weighted by Gasteiger charge is -2.06. The normalized spacial score (nSPS) is 10.2. The molecule has 0 fully saturated rings. The SMILES string of the molecule is O=[N+]([O-])c1cc(COc2cccc(F)c2)ccc1Cl. The third-order valence-corrected chi connectivity index (χ3v) is 2.73. The van der Waals surface area contributed by atoms with E-state index in [1.165, 1.54) is 30.3 Å². The number of hydrogen-bond acceptors (Lipinski definition) is 3. The van der Waals surface area contributed by atoms with Crippen molar-refractivity contribution in [3.8, 4) is 5.75 Å². The summed E-state index contributed by atoms with van der Waals surface area (Å²) in [5, 5.41) is 10.8. The Kier molecular flexibility index (Phi) is 3.97. The van der Waals surface area contributed by atoms with Gasteiger partial charge in [0.2, 0.25) is 0 Å². The molecule has 0 unspecified atom stereocenters. The van der Waals surface area contributed by atoms with Crippen LogP contribution in [0.4, 0.5) is 10.1 Å². The van der Waals surface area contributed by atoms with E-state index in [2.05, 4.69) is 0 Å². The molecule has 0 heterocycles. The molecule has 0 radical (unpaired) electrons. The molecule has 0 aliphatic heterocycles. The second-order valence-corrected chi connectivity index (χ2v) is 4.20. The molecule has 4 nitrogen and oxygen atoms in total. The number of hydrogen-bond donors (Lipinski definition) is 0. The Hall–Kier alpha value is -2.14. The molecule has 0 bridgehead atoms. The van der Waals surface area contributed by atoms with Crippen molar-refractivity contribution in [2.45, 2.75) is 6.61 Å². The smallest absolute Gasteiger partial charge is 0.288 e. The van der Waals surface area contributed by atoms with Crippen molar-refractivity contribution < 1.29 is 14.1 Å². The first kappa shape index (κ1) is 13.3. The second-order valence-electron chi connectivity index (χ2n) is 3.79. The summed E-state index contributed by atoms with van der Waals surface area (Å²) in [6.45, 7) is 0.0987. The second kappa shape index (κ2) is 5.67. The molecule has 0 aliphatic carbocycles. The van der Waals surface area contributed by atoms with Crippen LogP contribution in [0.2, 0.25) is 5.02 Å². The molecule has 0 atom stereocenters. The van der Waals surface area contributed by atoms with E-state index in [0.29, 0.717) is 11.3 Å². The largest absolute Gasteiger partial charge is 0.489 e. The first-order valence-corrected chi connectivity index (χ1v) is 5.75. The topological polar surface area (TPSA) is 52.4 Å². The van der Waals surface area contributed by atoms with Crippen LogP contribution in [0.5, 0.6) is 5.75 Å². The Morgan fingerprint density at radius 3 is 2.74 bits per heavy atom. The van der Waals surface area contributed by atoms with Crippen LogP contribution in [0.1, 0.15) is 5.56 Å². The van der Waals surface area contributed by atoms with Crippen LogP contribution >= 0.6 is 11.6 Å². The lowest BCUT2D eigenvalue weighted by atomic mass is 10.2. The standard InChI is InChI=1S/C13H9ClFNO3/c14-12-5-4-9(6-13(12)16(17)18)8-19-11-3-1-2-10(15)7-11/h1-7H,8H2. The van der Waals surface area contributed by atoms with Gasteiger partial charge in [-0.15, -0.1) is 0 Å². The molecule has 0 aromatic heterocycles. The fourth-order valence-electron chi connectivity index (χ4n) is 1.51. The first-order chi connectivity index (χ1) is 9.06. The number of nitro groups is 1. The van der Waals surface area contributed by atoms with Crippen LogP contribution < -0.4 is 4.74 Å². The van der Waals surface area contributed by atoms with Gasteiger partial charge in [0.1, 0.15) is 23.2 Å². The molecule has 2 aromatic rings. The molecule has 98 valence electrons. The number of nitrogens with zero attached hydrogens (tertiary/aromatic N) is 1. The third kappa shape index (κ3) is 3.42. The Morgan fingerprint density at radius 1 is 1.26 bits per heavy atom. The lowest BCUT2D eigenvalue weighted by molar-refractivity contribution is -0.384. The molecular weight excluding hydrogens is 273 g/mol. The average Bonchev–Trinajstić information content (AvgIpc) is 2.37. The summed E-state index contributed by atoms with van der Waals surface area (Å²) in [5.41, 5.74) is 0.405. The predicted octanol–water partition coefficient (Wildman–Crippen LogP) is 3.97. The van der Waals surface area contributed by atoms with Gasteiger partial charge in [0.25, 0.3) is 5.69 Å². The Morgan fingerprint density at radius 2 is 2.05 bits per heavy atom. The minimum absolute atomic E-state index is 0.0690. The fourth-order valence-corrected chi connectivity index (χ4v) is 1.70. The van der Waals surface area contributed by atoms with Gasteiger partial charge in [0.05, 0.1) is 4.92 Å². The maximum atomic E-state index is 12.9. The van der Waals surface area contributed by atoms with Gasteiger partial charge < -0.3 is 4.74 Å². The molecule has 19 heavy (non-hydrogen) atoms. The Bertz CT molecular complexity index is 619. The first-order valence-electron chi connectivity index (χ1n) is 5.37. The molecule has 0 aliphatic rings. The van der Waals surface area contributed by atoms with Crippen molar-refractivity contribution in [1.82, 2.24) is 0 Å². The van der Waals surface area contributed by atoms with Crippen LogP contribution in [0.25, 0.3) is 0 Å². The zero-order chi connectivity index (χ0) is 13.8.